The van der Waals surface area contributed by atoms with E-state index in [4.69, 9.17) is 23.2 Å². The molecule has 2 rings (SSSR count). The highest BCUT2D eigenvalue weighted by molar-refractivity contribution is 6.42. The molecule has 5 heteroatoms. The Balaban J connectivity index is 2.28. The number of benzene rings is 2. The van der Waals surface area contributed by atoms with Gasteiger partial charge in [0.05, 0.1) is 10.0 Å². The van der Waals surface area contributed by atoms with Gasteiger partial charge >= 0.3 is 0 Å². The lowest BCUT2D eigenvalue weighted by Gasteiger charge is -2.18. The first-order chi connectivity index (χ1) is 9.52. The number of halogens is 4. The van der Waals surface area contributed by atoms with Crippen LogP contribution < -0.4 is 5.32 Å². The maximum absolute atomic E-state index is 13.2. The van der Waals surface area contributed by atoms with E-state index in [9.17, 15) is 8.78 Å². The van der Waals surface area contributed by atoms with E-state index in [-0.39, 0.29) is 6.04 Å². The van der Waals surface area contributed by atoms with Gasteiger partial charge in [0, 0.05) is 6.04 Å². The van der Waals surface area contributed by atoms with Crippen molar-refractivity contribution in [2.24, 2.45) is 0 Å². The molecular formula is C15H13Cl2F2N. The Hall–Kier alpha value is -1.16. The molecule has 0 heterocycles. The van der Waals surface area contributed by atoms with E-state index in [1.165, 1.54) is 6.07 Å². The fraction of sp³-hybridized carbons (Fsp3) is 0.200. The minimum atomic E-state index is -0.852. The molecule has 0 fully saturated rings. The third kappa shape index (κ3) is 3.29. The van der Waals surface area contributed by atoms with Crippen LogP contribution in [0.4, 0.5) is 8.78 Å². The molecule has 1 nitrogen and oxygen atoms in total. The zero-order valence-corrected chi connectivity index (χ0v) is 12.3. The highest BCUT2D eigenvalue weighted by atomic mass is 35.5. The summed E-state index contributed by atoms with van der Waals surface area (Å²) in [6.45, 7) is 0. The van der Waals surface area contributed by atoms with E-state index in [2.05, 4.69) is 5.32 Å². The van der Waals surface area contributed by atoms with Crippen molar-refractivity contribution >= 4 is 23.2 Å². The standard InChI is InChI=1S/C15H13Cl2F2N/c1-20-14(10-3-2-4-11(16)15(10)17)8-9-5-6-12(18)13(19)7-9/h2-7,14,20H,8H2,1H3. The minimum absolute atomic E-state index is 0.133. The first-order valence-corrected chi connectivity index (χ1v) is 6.83. The van der Waals surface area contributed by atoms with Crippen LogP contribution in [-0.4, -0.2) is 7.05 Å². The normalized spacial score (nSPS) is 12.4. The van der Waals surface area contributed by atoms with Gasteiger partial charge in [-0.15, -0.1) is 0 Å². The van der Waals surface area contributed by atoms with E-state index in [1.54, 1.807) is 25.2 Å². The Morgan fingerprint density at radius 1 is 1.10 bits per heavy atom. The van der Waals surface area contributed by atoms with Crippen LogP contribution in [0.25, 0.3) is 0 Å². The van der Waals surface area contributed by atoms with Gasteiger partial charge in [0.2, 0.25) is 0 Å². The van der Waals surface area contributed by atoms with Gasteiger partial charge in [-0.2, -0.15) is 0 Å². The quantitative estimate of drug-likeness (QED) is 0.856. The topological polar surface area (TPSA) is 12.0 Å². The molecule has 0 saturated carbocycles. The third-order valence-corrected chi connectivity index (χ3v) is 3.96. The maximum atomic E-state index is 13.2. The fourth-order valence-corrected chi connectivity index (χ4v) is 2.50. The highest BCUT2D eigenvalue weighted by Gasteiger charge is 2.16. The van der Waals surface area contributed by atoms with E-state index in [0.717, 1.165) is 11.6 Å². The number of nitrogens with one attached hydrogen (secondary N) is 1. The van der Waals surface area contributed by atoms with Gasteiger partial charge in [-0.05, 0) is 42.8 Å². The van der Waals surface area contributed by atoms with Crippen molar-refractivity contribution in [3.8, 4) is 0 Å². The summed E-state index contributed by atoms with van der Waals surface area (Å²) in [5.74, 6) is -1.70. The number of hydrogen-bond acceptors (Lipinski definition) is 1. The molecule has 0 aromatic heterocycles. The van der Waals surface area contributed by atoms with Crippen molar-refractivity contribution < 1.29 is 8.78 Å². The molecule has 1 atom stereocenters. The SMILES string of the molecule is CNC(Cc1ccc(F)c(F)c1)c1cccc(Cl)c1Cl. The van der Waals surface area contributed by atoms with Crippen LogP contribution in [0.2, 0.25) is 10.0 Å². The number of hydrogen-bond donors (Lipinski definition) is 1. The van der Waals surface area contributed by atoms with Crippen LogP contribution in [0.3, 0.4) is 0 Å². The van der Waals surface area contributed by atoms with Gasteiger partial charge in [0.25, 0.3) is 0 Å². The van der Waals surface area contributed by atoms with Crippen LogP contribution in [-0.2, 0) is 6.42 Å². The average molecular weight is 316 g/mol. The summed E-state index contributed by atoms with van der Waals surface area (Å²) in [6.07, 6.45) is 0.480. The summed E-state index contributed by atoms with van der Waals surface area (Å²) in [7, 11) is 1.78. The van der Waals surface area contributed by atoms with Crippen LogP contribution in [0, 0.1) is 11.6 Å². The summed E-state index contributed by atoms with van der Waals surface area (Å²) in [6, 6.07) is 9.11. The lowest BCUT2D eigenvalue weighted by molar-refractivity contribution is 0.504. The average Bonchev–Trinajstić information content (AvgIpc) is 2.43. The maximum Gasteiger partial charge on any atom is 0.159 e. The molecule has 1 unspecified atom stereocenters. The van der Waals surface area contributed by atoms with Crippen molar-refractivity contribution in [2.45, 2.75) is 12.5 Å². The second-order valence-electron chi connectivity index (χ2n) is 4.44. The van der Waals surface area contributed by atoms with E-state index >= 15 is 0 Å². The van der Waals surface area contributed by atoms with Gasteiger partial charge in [-0.25, -0.2) is 8.78 Å². The molecule has 0 bridgehead atoms. The molecule has 2 aromatic rings. The van der Waals surface area contributed by atoms with Crippen LogP contribution in [0.1, 0.15) is 17.2 Å². The first kappa shape index (κ1) is 15.2. The van der Waals surface area contributed by atoms with Gasteiger partial charge < -0.3 is 5.32 Å². The molecule has 0 aliphatic rings. The Kier molecular flexibility index (Phi) is 4.97. The Morgan fingerprint density at radius 2 is 1.85 bits per heavy atom. The third-order valence-electron chi connectivity index (χ3n) is 3.13. The van der Waals surface area contributed by atoms with Crippen molar-refractivity contribution in [3.63, 3.8) is 0 Å². The summed E-state index contributed by atoms with van der Waals surface area (Å²) < 4.78 is 26.2. The van der Waals surface area contributed by atoms with Crippen molar-refractivity contribution in [2.75, 3.05) is 7.05 Å². The Bertz CT molecular complexity index is 617. The molecule has 2 aromatic carbocycles. The van der Waals surface area contributed by atoms with Gasteiger partial charge in [-0.1, -0.05) is 41.4 Å². The highest BCUT2D eigenvalue weighted by Crippen LogP contribution is 2.31. The molecule has 0 radical (unpaired) electrons. The van der Waals surface area contributed by atoms with Crippen molar-refractivity contribution in [3.05, 3.63) is 69.2 Å². The zero-order valence-electron chi connectivity index (χ0n) is 10.8. The zero-order chi connectivity index (χ0) is 14.7. The summed E-state index contributed by atoms with van der Waals surface area (Å²) in [5, 5.41) is 4.05. The molecule has 0 aliphatic heterocycles. The van der Waals surface area contributed by atoms with Crippen LogP contribution in [0.5, 0.6) is 0 Å². The van der Waals surface area contributed by atoms with E-state index < -0.39 is 11.6 Å². The summed E-state index contributed by atoms with van der Waals surface area (Å²) >= 11 is 12.2. The van der Waals surface area contributed by atoms with Gasteiger partial charge in [0.1, 0.15) is 0 Å². The molecule has 0 saturated heterocycles. The second kappa shape index (κ2) is 6.53. The van der Waals surface area contributed by atoms with Crippen molar-refractivity contribution in [1.29, 1.82) is 0 Å². The largest absolute Gasteiger partial charge is 0.313 e. The Labute approximate surface area is 126 Å². The van der Waals surface area contributed by atoms with E-state index in [0.29, 0.717) is 22.0 Å². The monoisotopic (exact) mass is 315 g/mol. The number of rotatable bonds is 4. The Morgan fingerprint density at radius 3 is 2.50 bits per heavy atom. The van der Waals surface area contributed by atoms with E-state index in [1.807, 2.05) is 6.07 Å². The minimum Gasteiger partial charge on any atom is -0.313 e. The smallest absolute Gasteiger partial charge is 0.159 e. The predicted octanol–water partition coefficient (Wildman–Crippen LogP) is 4.77. The molecule has 0 spiro atoms. The molecule has 20 heavy (non-hydrogen) atoms. The summed E-state index contributed by atoms with van der Waals surface area (Å²) in [4.78, 5) is 0. The lowest BCUT2D eigenvalue weighted by atomic mass is 9.99. The summed E-state index contributed by atoms with van der Waals surface area (Å²) in [5.41, 5.74) is 1.51. The van der Waals surface area contributed by atoms with Gasteiger partial charge in [-0.3, -0.25) is 0 Å². The lowest BCUT2D eigenvalue weighted by Crippen LogP contribution is -2.19. The fourth-order valence-electron chi connectivity index (χ4n) is 2.06. The molecule has 106 valence electrons. The second-order valence-corrected chi connectivity index (χ2v) is 5.22. The van der Waals surface area contributed by atoms with Crippen molar-refractivity contribution in [1.82, 2.24) is 5.32 Å². The first-order valence-electron chi connectivity index (χ1n) is 6.08. The molecular weight excluding hydrogens is 303 g/mol. The molecule has 0 aliphatic carbocycles. The van der Waals surface area contributed by atoms with Crippen LogP contribution in [0.15, 0.2) is 36.4 Å². The van der Waals surface area contributed by atoms with Crippen LogP contribution >= 0.6 is 23.2 Å². The van der Waals surface area contributed by atoms with Gasteiger partial charge in [0.15, 0.2) is 11.6 Å². The molecule has 0 amide bonds. The molecule has 1 N–H and O–H groups in total. The predicted molar refractivity (Wildman–Crippen MR) is 78.3 cm³/mol. The number of likely N-dealkylation sites (N-methyl/N-ethyl adjacent to an activating group) is 1.